The predicted molar refractivity (Wildman–Crippen MR) is 56.2 cm³/mol. The highest BCUT2D eigenvalue weighted by Gasteiger charge is 2.31. The number of ketones is 1. The third kappa shape index (κ3) is 2.34. The topological polar surface area (TPSA) is 32.3 Å². The number of Topliss-reactive ketones (excluding diaryl/α,β-unsaturated/α-hetero) is 1. The van der Waals surface area contributed by atoms with E-state index < -0.39 is 0 Å². The van der Waals surface area contributed by atoms with Gasteiger partial charge in [-0.1, -0.05) is 0 Å². The van der Waals surface area contributed by atoms with E-state index in [-0.39, 0.29) is 0 Å². The highest BCUT2D eigenvalue weighted by atomic mass is 16.1. The molecule has 0 aliphatic carbocycles. The van der Waals surface area contributed by atoms with Crippen LogP contribution in [0.2, 0.25) is 0 Å². The molecule has 2 fully saturated rings. The zero-order chi connectivity index (χ0) is 9.97. The van der Waals surface area contributed by atoms with Gasteiger partial charge in [-0.05, 0) is 38.8 Å². The van der Waals surface area contributed by atoms with Crippen molar-refractivity contribution in [2.24, 2.45) is 11.8 Å². The second kappa shape index (κ2) is 4.41. The zero-order valence-corrected chi connectivity index (χ0v) is 8.96. The van der Waals surface area contributed by atoms with Crippen molar-refractivity contribution < 1.29 is 4.79 Å². The maximum absolute atomic E-state index is 11.0. The molecule has 0 radical (unpaired) electrons. The summed E-state index contributed by atoms with van der Waals surface area (Å²) in [6.45, 7) is 7.31. The van der Waals surface area contributed by atoms with Crippen LogP contribution >= 0.6 is 0 Å². The smallest absolute Gasteiger partial charge is 0.135 e. The summed E-state index contributed by atoms with van der Waals surface area (Å²) in [6.07, 6.45) is 2.61. The molecule has 0 spiro atoms. The Hall–Kier alpha value is -0.410. The van der Waals surface area contributed by atoms with E-state index in [2.05, 4.69) is 10.2 Å². The molecule has 2 heterocycles. The van der Waals surface area contributed by atoms with E-state index in [1.807, 2.05) is 0 Å². The summed E-state index contributed by atoms with van der Waals surface area (Å²) in [6, 6.07) is 0. The first-order valence-electron chi connectivity index (χ1n) is 5.69. The number of nitrogens with zero attached hydrogens (tertiary/aromatic N) is 1. The van der Waals surface area contributed by atoms with Crippen molar-refractivity contribution >= 4 is 5.78 Å². The summed E-state index contributed by atoms with van der Waals surface area (Å²) >= 11 is 0. The largest absolute Gasteiger partial charge is 0.317 e. The van der Waals surface area contributed by atoms with Crippen molar-refractivity contribution in [2.45, 2.75) is 19.8 Å². The molecule has 2 saturated heterocycles. The van der Waals surface area contributed by atoms with Gasteiger partial charge in [-0.25, -0.2) is 0 Å². The summed E-state index contributed by atoms with van der Waals surface area (Å²) in [5.41, 5.74) is 0. The Labute approximate surface area is 85.8 Å². The fourth-order valence-electron chi connectivity index (χ4n) is 2.41. The number of hydrogen-bond donors (Lipinski definition) is 1. The van der Waals surface area contributed by atoms with E-state index >= 15 is 0 Å². The Balaban J connectivity index is 1.65. The Bertz CT molecular complexity index is 205. The van der Waals surface area contributed by atoms with Crippen LogP contribution in [0.3, 0.4) is 0 Å². The normalized spacial score (nSPS) is 26.1. The van der Waals surface area contributed by atoms with Gasteiger partial charge in [0, 0.05) is 25.6 Å². The minimum Gasteiger partial charge on any atom is -0.317 e. The number of hydrogen-bond acceptors (Lipinski definition) is 3. The van der Waals surface area contributed by atoms with Gasteiger partial charge >= 0.3 is 0 Å². The number of piperidine rings is 1. The third-order valence-electron chi connectivity index (χ3n) is 3.51. The van der Waals surface area contributed by atoms with Crippen LogP contribution in [-0.2, 0) is 4.79 Å². The average molecular weight is 196 g/mol. The van der Waals surface area contributed by atoms with Crippen molar-refractivity contribution in [1.29, 1.82) is 0 Å². The molecule has 2 aliphatic rings. The first-order valence-corrected chi connectivity index (χ1v) is 5.69. The van der Waals surface area contributed by atoms with E-state index in [1.54, 1.807) is 6.92 Å². The van der Waals surface area contributed by atoms with E-state index in [4.69, 9.17) is 0 Å². The Morgan fingerprint density at radius 2 is 2.00 bits per heavy atom. The Morgan fingerprint density at radius 3 is 2.57 bits per heavy atom. The van der Waals surface area contributed by atoms with Crippen molar-refractivity contribution in [3.63, 3.8) is 0 Å². The van der Waals surface area contributed by atoms with Gasteiger partial charge < -0.3 is 10.2 Å². The van der Waals surface area contributed by atoms with E-state index in [0.717, 1.165) is 19.0 Å². The fourth-order valence-corrected chi connectivity index (χ4v) is 2.41. The molecule has 0 aromatic carbocycles. The standard InChI is InChI=1S/C11H20N2O/c1-9(14)11-7-13(8-11)6-10-2-4-12-5-3-10/h10-12H,2-8H2,1H3. The van der Waals surface area contributed by atoms with Crippen LogP contribution in [0.15, 0.2) is 0 Å². The molecule has 0 bridgehead atoms. The lowest BCUT2D eigenvalue weighted by molar-refractivity contribution is -0.126. The van der Waals surface area contributed by atoms with Crippen LogP contribution in [0.1, 0.15) is 19.8 Å². The predicted octanol–water partition coefficient (Wildman–Crippen LogP) is 0.507. The van der Waals surface area contributed by atoms with Gasteiger partial charge in [0.15, 0.2) is 0 Å². The molecule has 2 rings (SSSR count). The monoisotopic (exact) mass is 196 g/mol. The van der Waals surface area contributed by atoms with Gasteiger partial charge in [0.25, 0.3) is 0 Å². The molecule has 80 valence electrons. The lowest BCUT2D eigenvalue weighted by Crippen LogP contribution is -2.52. The van der Waals surface area contributed by atoms with Crippen LogP contribution in [0, 0.1) is 11.8 Å². The van der Waals surface area contributed by atoms with Crippen molar-refractivity contribution in [1.82, 2.24) is 10.2 Å². The first kappa shape index (κ1) is 10.1. The van der Waals surface area contributed by atoms with Gasteiger partial charge in [-0.3, -0.25) is 4.79 Å². The summed E-state index contributed by atoms with van der Waals surface area (Å²) in [5.74, 6) is 1.58. The van der Waals surface area contributed by atoms with Crippen LogP contribution in [0.25, 0.3) is 0 Å². The van der Waals surface area contributed by atoms with Crippen LogP contribution < -0.4 is 5.32 Å². The maximum atomic E-state index is 11.0. The van der Waals surface area contributed by atoms with Gasteiger partial charge in [-0.2, -0.15) is 0 Å². The van der Waals surface area contributed by atoms with Gasteiger partial charge in [0.2, 0.25) is 0 Å². The number of rotatable bonds is 3. The highest BCUT2D eigenvalue weighted by molar-refractivity contribution is 5.79. The molecule has 0 aromatic heterocycles. The molecular weight excluding hydrogens is 176 g/mol. The fraction of sp³-hybridized carbons (Fsp3) is 0.909. The van der Waals surface area contributed by atoms with E-state index in [1.165, 1.54) is 32.5 Å². The molecule has 0 saturated carbocycles. The zero-order valence-electron chi connectivity index (χ0n) is 8.96. The molecule has 0 amide bonds. The Kier molecular flexibility index (Phi) is 3.19. The first-order chi connectivity index (χ1) is 6.75. The van der Waals surface area contributed by atoms with Crippen molar-refractivity contribution in [2.75, 3.05) is 32.7 Å². The quantitative estimate of drug-likeness (QED) is 0.713. The number of likely N-dealkylation sites (tertiary alicyclic amines) is 1. The van der Waals surface area contributed by atoms with Crippen molar-refractivity contribution in [3.05, 3.63) is 0 Å². The number of carbonyl (C=O) groups excluding carboxylic acids is 1. The second-order valence-electron chi connectivity index (χ2n) is 4.72. The van der Waals surface area contributed by atoms with E-state index in [9.17, 15) is 4.79 Å². The molecule has 3 heteroatoms. The third-order valence-corrected chi connectivity index (χ3v) is 3.51. The Morgan fingerprint density at radius 1 is 1.36 bits per heavy atom. The van der Waals surface area contributed by atoms with Crippen LogP contribution in [0.4, 0.5) is 0 Å². The summed E-state index contributed by atoms with van der Waals surface area (Å²) in [4.78, 5) is 13.5. The molecule has 3 nitrogen and oxygen atoms in total. The van der Waals surface area contributed by atoms with Gasteiger partial charge in [0.1, 0.15) is 5.78 Å². The van der Waals surface area contributed by atoms with E-state index in [0.29, 0.717) is 11.7 Å². The van der Waals surface area contributed by atoms with Crippen LogP contribution in [0.5, 0.6) is 0 Å². The number of carbonyl (C=O) groups is 1. The lowest BCUT2D eigenvalue weighted by atomic mass is 9.91. The summed E-state index contributed by atoms with van der Waals surface area (Å²) < 4.78 is 0. The number of nitrogens with one attached hydrogen (secondary N) is 1. The molecule has 0 aromatic rings. The summed E-state index contributed by atoms with van der Waals surface area (Å²) in [5, 5.41) is 3.38. The molecule has 2 aliphatic heterocycles. The molecular formula is C11H20N2O. The summed E-state index contributed by atoms with van der Waals surface area (Å²) in [7, 11) is 0. The average Bonchev–Trinajstić information content (AvgIpc) is 2.12. The lowest BCUT2D eigenvalue weighted by Gasteiger charge is -2.40. The SMILES string of the molecule is CC(=O)C1CN(CC2CCNCC2)C1. The second-order valence-corrected chi connectivity index (χ2v) is 4.72. The molecule has 1 N–H and O–H groups in total. The minimum atomic E-state index is 0.344. The molecule has 0 atom stereocenters. The van der Waals surface area contributed by atoms with Gasteiger partial charge in [0.05, 0.1) is 0 Å². The molecule has 0 unspecified atom stereocenters. The minimum absolute atomic E-state index is 0.344. The van der Waals surface area contributed by atoms with Crippen LogP contribution in [-0.4, -0.2) is 43.4 Å². The van der Waals surface area contributed by atoms with Crippen molar-refractivity contribution in [3.8, 4) is 0 Å². The highest BCUT2D eigenvalue weighted by Crippen LogP contribution is 2.21. The maximum Gasteiger partial charge on any atom is 0.135 e. The van der Waals surface area contributed by atoms with Gasteiger partial charge in [-0.15, -0.1) is 0 Å². The molecule has 14 heavy (non-hydrogen) atoms.